The molecular weight excluding hydrogens is 390 g/mol. The largest absolute Gasteiger partial charge is 0.297 e. The summed E-state index contributed by atoms with van der Waals surface area (Å²) in [5.41, 5.74) is 4.39. The van der Waals surface area contributed by atoms with Crippen molar-refractivity contribution in [1.29, 1.82) is 0 Å². The summed E-state index contributed by atoms with van der Waals surface area (Å²) in [5, 5.41) is 8.23. The van der Waals surface area contributed by atoms with Crippen LogP contribution in [0.3, 0.4) is 0 Å². The van der Waals surface area contributed by atoms with Crippen LogP contribution < -0.4 is 0 Å². The molecule has 4 heterocycles. The van der Waals surface area contributed by atoms with Gasteiger partial charge in [0.1, 0.15) is 0 Å². The number of hydrogen-bond acceptors (Lipinski definition) is 5. The van der Waals surface area contributed by atoms with Crippen molar-refractivity contribution in [2.75, 3.05) is 13.1 Å². The van der Waals surface area contributed by atoms with Crippen molar-refractivity contribution in [3.8, 4) is 11.1 Å². The van der Waals surface area contributed by atoms with Gasteiger partial charge in [-0.1, -0.05) is 6.07 Å². The fourth-order valence-electron chi connectivity index (χ4n) is 4.46. The summed E-state index contributed by atoms with van der Waals surface area (Å²) < 4.78 is 28.2. The van der Waals surface area contributed by atoms with Crippen molar-refractivity contribution in [1.82, 2.24) is 14.7 Å². The molecule has 146 valence electrons. The highest BCUT2D eigenvalue weighted by atomic mass is 32.2. The molecule has 0 saturated carbocycles. The van der Waals surface area contributed by atoms with Crippen molar-refractivity contribution in [3.05, 3.63) is 58.5 Å². The lowest BCUT2D eigenvalue weighted by molar-refractivity contribution is 0.325. The van der Waals surface area contributed by atoms with Gasteiger partial charge in [0.25, 0.3) is 0 Å². The number of likely N-dealkylation sites (tertiary alicyclic amines) is 1. The van der Waals surface area contributed by atoms with E-state index in [4.69, 9.17) is 0 Å². The SMILES string of the molecule is CC(C)n1cc(CN2C[C@@H]3c4cc(-c5ccsc5)ccc4S(=O)(=O)[C@H]3C2)cn1. The molecule has 1 saturated heterocycles. The van der Waals surface area contributed by atoms with Gasteiger partial charge in [-0.25, -0.2) is 8.42 Å². The minimum absolute atomic E-state index is 0.0544. The second-order valence-electron chi connectivity index (χ2n) is 8.07. The summed E-state index contributed by atoms with van der Waals surface area (Å²) in [4.78, 5) is 2.79. The first kappa shape index (κ1) is 18.1. The van der Waals surface area contributed by atoms with Crippen LogP contribution in [0.15, 0.2) is 52.3 Å². The molecule has 1 fully saturated rings. The molecule has 2 atom stereocenters. The van der Waals surface area contributed by atoms with Crippen molar-refractivity contribution in [3.63, 3.8) is 0 Å². The topological polar surface area (TPSA) is 55.2 Å². The Morgan fingerprint density at radius 1 is 1.21 bits per heavy atom. The first-order chi connectivity index (χ1) is 13.4. The quantitative estimate of drug-likeness (QED) is 0.650. The summed E-state index contributed by atoms with van der Waals surface area (Å²) in [7, 11) is -3.26. The molecule has 28 heavy (non-hydrogen) atoms. The maximum Gasteiger partial charge on any atom is 0.183 e. The van der Waals surface area contributed by atoms with Gasteiger partial charge in [-0.2, -0.15) is 16.4 Å². The third-order valence-corrected chi connectivity index (χ3v) is 8.84. The Kier molecular flexibility index (Phi) is 4.23. The molecule has 5 nitrogen and oxygen atoms in total. The van der Waals surface area contributed by atoms with E-state index < -0.39 is 9.84 Å². The molecule has 0 radical (unpaired) electrons. The molecule has 7 heteroatoms. The minimum atomic E-state index is -3.26. The normalized spacial score (nSPS) is 23.2. The molecule has 1 aromatic carbocycles. The summed E-state index contributed by atoms with van der Waals surface area (Å²) in [6.45, 7) is 6.31. The highest BCUT2D eigenvalue weighted by Gasteiger charge is 2.50. The summed E-state index contributed by atoms with van der Waals surface area (Å²) in [6.07, 6.45) is 3.96. The molecule has 0 amide bonds. The van der Waals surface area contributed by atoms with Crippen molar-refractivity contribution in [2.24, 2.45) is 0 Å². The van der Waals surface area contributed by atoms with Crippen molar-refractivity contribution < 1.29 is 8.42 Å². The fraction of sp³-hybridized carbons (Fsp3) is 0.381. The standard InChI is InChI=1S/C21H23N3O2S2/c1-14(2)24-10-15(8-22-24)9-23-11-19-18-7-16(17-5-6-27-13-17)3-4-20(18)28(25,26)21(19)12-23/h3-8,10,13-14,19,21H,9,11-12H2,1-2H3/t19-,21+/m1/s1. The van der Waals surface area contributed by atoms with Crippen molar-refractivity contribution in [2.45, 2.75) is 42.5 Å². The Hall–Kier alpha value is -1.96. The zero-order valence-corrected chi connectivity index (χ0v) is 17.6. The number of rotatable bonds is 4. The van der Waals surface area contributed by atoms with Crippen LogP contribution in [-0.2, 0) is 16.4 Å². The molecular formula is C21H23N3O2S2. The van der Waals surface area contributed by atoms with Crippen LogP contribution in [0.25, 0.3) is 11.1 Å². The van der Waals surface area contributed by atoms with Crippen LogP contribution in [-0.4, -0.2) is 41.4 Å². The number of aromatic nitrogens is 2. The third kappa shape index (κ3) is 2.84. The van der Waals surface area contributed by atoms with Crippen LogP contribution in [0.4, 0.5) is 0 Å². The van der Waals surface area contributed by atoms with Gasteiger partial charge in [0, 0.05) is 43.4 Å². The summed E-state index contributed by atoms with van der Waals surface area (Å²) in [5.74, 6) is 0.0544. The van der Waals surface area contributed by atoms with E-state index in [0.717, 1.165) is 35.3 Å². The maximum absolute atomic E-state index is 13.1. The molecule has 2 aliphatic rings. The smallest absolute Gasteiger partial charge is 0.183 e. The monoisotopic (exact) mass is 413 g/mol. The highest BCUT2D eigenvalue weighted by molar-refractivity contribution is 7.92. The first-order valence-electron chi connectivity index (χ1n) is 9.59. The Balaban J connectivity index is 1.43. The molecule has 0 bridgehead atoms. The molecule has 2 aromatic heterocycles. The zero-order valence-electron chi connectivity index (χ0n) is 15.9. The van der Waals surface area contributed by atoms with E-state index in [1.807, 2.05) is 23.0 Å². The average Bonchev–Trinajstić information content (AvgIpc) is 3.43. The van der Waals surface area contributed by atoms with Gasteiger partial charge in [0.2, 0.25) is 0 Å². The Morgan fingerprint density at radius 2 is 2.07 bits per heavy atom. The lowest BCUT2D eigenvalue weighted by atomic mass is 9.95. The number of thiophene rings is 1. The maximum atomic E-state index is 13.1. The van der Waals surface area contributed by atoms with Gasteiger partial charge in [0.15, 0.2) is 9.84 Å². The molecule has 0 aliphatic carbocycles. The van der Waals surface area contributed by atoms with E-state index in [0.29, 0.717) is 17.5 Å². The van der Waals surface area contributed by atoms with E-state index in [1.165, 1.54) is 0 Å². The molecule has 0 N–H and O–H groups in total. The molecule has 0 unspecified atom stereocenters. The number of fused-ring (bicyclic) bond motifs is 3. The lowest BCUT2D eigenvalue weighted by Crippen LogP contribution is -2.25. The van der Waals surface area contributed by atoms with E-state index in [-0.39, 0.29) is 11.2 Å². The fourth-order valence-corrected chi connectivity index (χ4v) is 7.32. The Morgan fingerprint density at radius 3 is 2.79 bits per heavy atom. The van der Waals surface area contributed by atoms with Gasteiger partial charge in [0.05, 0.1) is 16.3 Å². The van der Waals surface area contributed by atoms with Gasteiger partial charge in [-0.15, -0.1) is 0 Å². The third-order valence-electron chi connectivity index (χ3n) is 5.90. The van der Waals surface area contributed by atoms with E-state index in [9.17, 15) is 8.42 Å². The second kappa shape index (κ2) is 6.54. The number of hydrogen-bond donors (Lipinski definition) is 0. The van der Waals surface area contributed by atoms with Gasteiger partial charge < -0.3 is 0 Å². The van der Waals surface area contributed by atoms with Crippen LogP contribution in [0.5, 0.6) is 0 Å². The van der Waals surface area contributed by atoms with Gasteiger partial charge in [-0.05, 0) is 59.5 Å². The molecule has 3 aromatic rings. The molecule has 0 spiro atoms. The summed E-state index contributed by atoms with van der Waals surface area (Å²) in [6, 6.07) is 8.26. The minimum Gasteiger partial charge on any atom is -0.297 e. The Labute approximate surface area is 169 Å². The van der Waals surface area contributed by atoms with Crippen LogP contribution in [0.1, 0.15) is 36.9 Å². The van der Waals surface area contributed by atoms with E-state index >= 15 is 0 Å². The molecule has 2 aliphatic heterocycles. The highest BCUT2D eigenvalue weighted by Crippen LogP contribution is 2.46. The van der Waals surface area contributed by atoms with Gasteiger partial charge >= 0.3 is 0 Å². The zero-order chi connectivity index (χ0) is 19.5. The van der Waals surface area contributed by atoms with Crippen LogP contribution >= 0.6 is 11.3 Å². The predicted molar refractivity (Wildman–Crippen MR) is 111 cm³/mol. The van der Waals surface area contributed by atoms with Crippen molar-refractivity contribution >= 4 is 21.2 Å². The number of nitrogens with zero attached hydrogens (tertiary/aromatic N) is 3. The van der Waals surface area contributed by atoms with Crippen LogP contribution in [0.2, 0.25) is 0 Å². The Bertz CT molecular complexity index is 1120. The molecule has 5 rings (SSSR count). The van der Waals surface area contributed by atoms with Gasteiger partial charge in [-0.3, -0.25) is 9.58 Å². The second-order valence-corrected chi connectivity index (χ2v) is 11.0. The van der Waals surface area contributed by atoms with E-state index in [1.54, 1.807) is 11.3 Å². The summed E-state index contributed by atoms with van der Waals surface area (Å²) >= 11 is 1.66. The predicted octanol–water partition coefficient (Wildman–Crippen LogP) is 3.95. The lowest BCUT2D eigenvalue weighted by Gasteiger charge is -2.16. The number of sulfone groups is 1. The first-order valence-corrected chi connectivity index (χ1v) is 12.1. The average molecular weight is 414 g/mol. The number of benzene rings is 1. The van der Waals surface area contributed by atoms with E-state index in [2.05, 4.69) is 52.9 Å². The van der Waals surface area contributed by atoms with Crippen LogP contribution in [0, 0.1) is 0 Å².